The van der Waals surface area contributed by atoms with E-state index in [4.69, 9.17) is 0 Å². The molecule has 0 aliphatic carbocycles. The van der Waals surface area contributed by atoms with Crippen molar-refractivity contribution in [3.63, 3.8) is 0 Å². The van der Waals surface area contributed by atoms with Crippen molar-refractivity contribution in [2.45, 2.75) is 6.04 Å². The Bertz CT molecular complexity index is 456. The Hall–Kier alpha value is -1.74. The molecule has 0 spiro atoms. The molecule has 82 valence electrons. The van der Waals surface area contributed by atoms with Gasteiger partial charge in [0, 0.05) is 11.8 Å². The van der Waals surface area contributed by atoms with Crippen molar-refractivity contribution in [3.8, 4) is 0 Å². The fraction of sp³-hybridized carbons (Fsp3) is 0.154. The van der Waals surface area contributed by atoms with Crippen LogP contribution in [0.5, 0.6) is 0 Å². The molecule has 0 radical (unpaired) electrons. The third-order valence-corrected chi connectivity index (χ3v) is 2.54. The van der Waals surface area contributed by atoms with E-state index in [1.165, 1.54) is 6.20 Å². The Labute approximate surface area is 94.2 Å². The van der Waals surface area contributed by atoms with Gasteiger partial charge in [0.1, 0.15) is 5.82 Å². The molecule has 3 heteroatoms. The maximum Gasteiger partial charge on any atom is 0.146 e. The number of benzene rings is 1. The molecular weight excluding hydrogens is 203 g/mol. The summed E-state index contributed by atoms with van der Waals surface area (Å²) in [7, 11) is 1.82. The second-order valence-corrected chi connectivity index (χ2v) is 3.53. The number of nitrogens with one attached hydrogen (secondary N) is 1. The number of hydrogen-bond donors (Lipinski definition) is 1. The number of pyridine rings is 1. The minimum Gasteiger partial charge on any atom is -0.309 e. The molecule has 16 heavy (non-hydrogen) atoms. The first-order valence-electron chi connectivity index (χ1n) is 5.14. The molecule has 2 rings (SSSR count). The zero-order valence-electron chi connectivity index (χ0n) is 9.02. The van der Waals surface area contributed by atoms with Gasteiger partial charge in [0.15, 0.2) is 0 Å². The number of nitrogens with zero attached hydrogens (tertiary/aromatic N) is 1. The summed E-state index contributed by atoms with van der Waals surface area (Å²) >= 11 is 0. The first-order chi connectivity index (χ1) is 7.83. The molecule has 1 aromatic carbocycles. The van der Waals surface area contributed by atoms with E-state index in [9.17, 15) is 4.39 Å². The van der Waals surface area contributed by atoms with Crippen molar-refractivity contribution in [3.05, 3.63) is 65.7 Å². The lowest BCUT2D eigenvalue weighted by Crippen LogP contribution is -2.18. The van der Waals surface area contributed by atoms with E-state index in [0.717, 1.165) is 5.56 Å². The molecule has 1 N–H and O–H groups in total. The van der Waals surface area contributed by atoms with Gasteiger partial charge in [0.05, 0.1) is 12.2 Å². The number of halogens is 1. The van der Waals surface area contributed by atoms with Crippen molar-refractivity contribution >= 4 is 0 Å². The summed E-state index contributed by atoms with van der Waals surface area (Å²) in [5, 5.41) is 3.11. The summed E-state index contributed by atoms with van der Waals surface area (Å²) < 4.78 is 13.6. The summed E-state index contributed by atoms with van der Waals surface area (Å²) in [6, 6.07) is 11.3. The van der Waals surface area contributed by atoms with Crippen LogP contribution in [-0.2, 0) is 0 Å². The minimum atomic E-state index is -0.286. The van der Waals surface area contributed by atoms with Crippen LogP contribution >= 0.6 is 0 Å². The molecule has 1 aromatic heterocycles. The smallest absolute Gasteiger partial charge is 0.146 e. The Balaban J connectivity index is 2.41. The van der Waals surface area contributed by atoms with Crippen LogP contribution in [0.3, 0.4) is 0 Å². The maximum atomic E-state index is 13.6. The summed E-state index contributed by atoms with van der Waals surface area (Å²) in [6.07, 6.45) is 2.84. The average Bonchev–Trinajstić information content (AvgIpc) is 2.34. The van der Waals surface area contributed by atoms with Crippen LogP contribution in [0.1, 0.15) is 17.2 Å². The SMILES string of the molecule is CNC(c1ccccc1)c1ccncc1F. The molecule has 0 aliphatic rings. The summed E-state index contributed by atoms with van der Waals surface area (Å²) in [5.74, 6) is -0.286. The van der Waals surface area contributed by atoms with Crippen molar-refractivity contribution < 1.29 is 4.39 Å². The maximum absolute atomic E-state index is 13.6. The standard InChI is InChI=1S/C13H13FN2/c1-15-13(10-5-3-2-4-6-10)11-7-8-16-9-12(11)14/h2-9,13,15H,1H3. The number of rotatable bonds is 3. The molecule has 0 amide bonds. The van der Waals surface area contributed by atoms with Gasteiger partial charge in [-0.05, 0) is 18.7 Å². The van der Waals surface area contributed by atoms with Crippen LogP contribution in [0.2, 0.25) is 0 Å². The Morgan fingerprint density at radius 2 is 1.94 bits per heavy atom. The third-order valence-electron chi connectivity index (χ3n) is 2.54. The van der Waals surface area contributed by atoms with Crippen LogP contribution in [0.4, 0.5) is 4.39 Å². The van der Waals surface area contributed by atoms with Gasteiger partial charge >= 0.3 is 0 Å². The van der Waals surface area contributed by atoms with E-state index in [0.29, 0.717) is 5.56 Å². The first-order valence-corrected chi connectivity index (χ1v) is 5.14. The predicted octanol–water partition coefficient (Wildman–Crippen LogP) is 2.53. The fourth-order valence-electron chi connectivity index (χ4n) is 1.77. The van der Waals surface area contributed by atoms with Gasteiger partial charge in [-0.3, -0.25) is 4.98 Å². The van der Waals surface area contributed by atoms with Gasteiger partial charge in [0.25, 0.3) is 0 Å². The number of aromatic nitrogens is 1. The van der Waals surface area contributed by atoms with Crippen LogP contribution < -0.4 is 5.32 Å². The molecule has 2 nitrogen and oxygen atoms in total. The molecule has 0 saturated heterocycles. The van der Waals surface area contributed by atoms with Crippen LogP contribution in [-0.4, -0.2) is 12.0 Å². The molecule has 1 heterocycles. The zero-order valence-corrected chi connectivity index (χ0v) is 9.02. The second kappa shape index (κ2) is 4.86. The van der Waals surface area contributed by atoms with Crippen LogP contribution in [0.25, 0.3) is 0 Å². The average molecular weight is 216 g/mol. The third kappa shape index (κ3) is 2.09. The van der Waals surface area contributed by atoms with Crippen molar-refractivity contribution in [2.24, 2.45) is 0 Å². The molecule has 2 aromatic rings. The van der Waals surface area contributed by atoms with E-state index >= 15 is 0 Å². The van der Waals surface area contributed by atoms with Gasteiger partial charge in [-0.25, -0.2) is 4.39 Å². The second-order valence-electron chi connectivity index (χ2n) is 3.53. The van der Waals surface area contributed by atoms with E-state index in [1.807, 2.05) is 37.4 Å². The largest absolute Gasteiger partial charge is 0.309 e. The molecule has 1 atom stereocenters. The highest BCUT2D eigenvalue weighted by molar-refractivity contribution is 5.31. The van der Waals surface area contributed by atoms with Gasteiger partial charge in [0.2, 0.25) is 0 Å². The van der Waals surface area contributed by atoms with E-state index < -0.39 is 0 Å². The summed E-state index contributed by atoms with van der Waals surface area (Å²) in [5.41, 5.74) is 1.65. The normalized spacial score (nSPS) is 12.4. The summed E-state index contributed by atoms with van der Waals surface area (Å²) in [6.45, 7) is 0. The molecular formula is C13H13FN2. The lowest BCUT2D eigenvalue weighted by Gasteiger charge is -2.17. The topological polar surface area (TPSA) is 24.9 Å². The molecule has 0 saturated carbocycles. The van der Waals surface area contributed by atoms with E-state index in [-0.39, 0.29) is 11.9 Å². The van der Waals surface area contributed by atoms with Gasteiger partial charge in [-0.2, -0.15) is 0 Å². The van der Waals surface area contributed by atoms with Gasteiger partial charge < -0.3 is 5.32 Å². The highest BCUT2D eigenvalue weighted by atomic mass is 19.1. The molecule has 0 bridgehead atoms. The molecule has 0 fully saturated rings. The Morgan fingerprint density at radius 3 is 2.56 bits per heavy atom. The van der Waals surface area contributed by atoms with Crippen molar-refractivity contribution in [2.75, 3.05) is 7.05 Å². The van der Waals surface area contributed by atoms with Crippen molar-refractivity contribution in [1.82, 2.24) is 10.3 Å². The lowest BCUT2D eigenvalue weighted by molar-refractivity contribution is 0.571. The van der Waals surface area contributed by atoms with Crippen LogP contribution in [0, 0.1) is 5.82 Å². The van der Waals surface area contributed by atoms with Gasteiger partial charge in [-0.15, -0.1) is 0 Å². The highest BCUT2D eigenvalue weighted by Gasteiger charge is 2.15. The monoisotopic (exact) mass is 216 g/mol. The Kier molecular flexibility index (Phi) is 3.27. The molecule has 0 aliphatic heterocycles. The molecule has 1 unspecified atom stereocenters. The lowest BCUT2D eigenvalue weighted by atomic mass is 10.00. The highest BCUT2D eigenvalue weighted by Crippen LogP contribution is 2.22. The Morgan fingerprint density at radius 1 is 1.19 bits per heavy atom. The fourth-order valence-corrected chi connectivity index (χ4v) is 1.77. The van der Waals surface area contributed by atoms with E-state index in [2.05, 4.69) is 10.3 Å². The minimum absolute atomic E-state index is 0.135. The summed E-state index contributed by atoms with van der Waals surface area (Å²) in [4.78, 5) is 3.75. The van der Waals surface area contributed by atoms with Gasteiger partial charge in [-0.1, -0.05) is 30.3 Å². The van der Waals surface area contributed by atoms with Crippen molar-refractivity contribution in [1.29, 1.82) is 0 Å². The quantitative estimate of drug-likeness (QED) is 0.852. The van der Waals surface area contributed by atoms with Crippen LogP contribution in [0.15, 0.2) is 48.8 Å². The van der Waals surface area contributed by atoms with E-state index in [1.54, 1.807) is 12.3 Å². The number of hydrogen-bond acceptors (Lipinski definition) is 2. The zero-order chi connectivity index (χ0) is 11.4. The first kappa shape index (κ1) is 10.8. The predicted molar refractivity (Wildman–Crippen MR) is 61.5 cm³/mol.